The molecule has 42 heavy (non-hydrogen) atoms. The predicted octanol–water partition coefficient (Wildman–Crippen LogP) is 6.26. The number of sulfonamides is 1. The third kappa shape index (κ3) is 6.44. The molecule has 0 bridgehead atoms. The molecule has 5 rings (SSSR count). The number of aliphatic carboxylic acids is 1. The van der Waals surface area contributed by atoms with E-state index in [1.807, 2.05) is 19.1 Å². The van der Waals surface area contributed by atoms with Gasteiger partial charge >= 0.3 is 5.97 Å². The molecular weight excluding hydrogens is 599 g/mol. The Morgan fingerprint density at radius 3 is 2.29 bits per heavy atom. The molecule has 1 saturated carbocycles. The van der Waals surface area contributed by atoms with E-state index in [1.165, 1.54) is 4.31 Å². The molecule has 1 amide bonds. The van der Waals surface area contributed by atoms with Crippen LogP contribution in [0.15, 0.2) is 78.9 Å². The first kappa shape index (κ1) is 30.4. The Morgan fingerprint density at radius 2 is 1.69 bits per heavy atom. The summed E-state index contributed by atoms with van der Waals surface area (Å²) < 4.78 is 35.1. The summed E-state index contributed by atoms with van der Waals surface area (Å²) >= 11 is 12.6. The summed E-state index contributed by atoms with van der Waals surface area (Å²) in [5.41, 5.74) is 1.89. The zero-order valence-electron chi connectivity index (χ0n) is 23.0. The number of morpholine rings is 1. The van der Waals surface area contributed by atoms with E-state index >= 15 is 0 Å². The van der Waals surface area contributed by atoms with Gasteiger partial charge in [-0.05, 0) is 66.8 Å². The number of hydrogen-bond acceptors (Lipinski definition) is 5. The highest BCUT2D eigenvalue weighted by Crippen LogP contribution is 2.45. The largest absolute Gasteiger partial charge is 0.481 e. The number of carbonyl (C=O) groups excluding carboxylic acids is 1. The fourth-order valence-corrected chi connectivity index (χ4v) is 7.71. The van der Waals surface area contributed by atoms with Crippen LogP contribution in [0.25, 0.3) is 0 Å². The van der Waals surface area contributed by atoms with Crippen LogP contribution in [-0.4, -0.2) is 54.2 Å². The van der Waals surface area contributed by atoms with Crippen molar-refractivity contribution in [1.29, 1.82) is 0 Å². The number of hydrogen-bond donors (Lipinski definition) is 1. The maximum atomic E-state index is 14.2. The highest BCUT2D eigenvalue weighted by atomic mass is 35.5. The monoisotopic (exact) mass is 630 g/mol. The Morgan fingerprint density at radius 1 is 1.00 bits per heavy atom. The van der Waals surface area contributed by atoms with Crippen molar-refractivity contribution >= 4 is 50.8 Å². The van der Waals surface area contributed by atoms with Crippen LogP contribution in [0.4, 0.5) is 5.69 Å². The molecule has 3 aromatic carbocycles. The Kier molecular flexibility index (Phi) is 9.13. The van der Waals surface area contributed by atoms with Gasteiger partial charge in [0.2, 0.25) is 10.0 Å². The maximum absolute atomic E-state index is 14.2. The topological polar surface area (TPSA) is 104 Å². The number of carbonyl (C=O) groups is 2. The quantitative estimate of drug-likeness (QED) is 0.268. The van der Waals surface area contributed by atoms with E-state index in [9.17, 15) is 23.1 Å². The predicted molar refractivity (Wildman–Crippen MR) is 162 cm³/mol. The van der Waals surface area contributed by atoms with Gasteiger partial charge in [0.15, 0.2) is 0 Å². The second kappa shape index (κ2) is 12.6. The summed E-state index contributed by atoms with van der Waals surface area (Å²) in [5, 5.41) is 10.2. The van der Waals surface area contributed by atoms with Gasteiger partial charge in [0.1, 0.15) is 12.2 Å². The molecule has 2 fully saturated rings. The van der Waals surface area contributed by atoms with Gasteiger partial charge in [0.05, 0.1) is 36.0 Å². The van der Waals surface area contributed by atoms with Crippen molar-refractivity contribution in [1.82, 2.24) is 4.90 Å². The molecule has 0 spiro atoms. The molecule has 0 aromatic heterocycles. The number of amides is 1. The van der Waals surface area contributed by atoms with Gasteiger partial charge < -0.3 is 14.7 Å². The molecule has 1 saturated heterocycles. The second-order valence-electron chi connectivity index (χ2n) is 10.6. The fourth-order valence-electron chi connectivity index (χ4n) is 5.50. The molecule has 1 aliphatic heterocycles. The highest BCUT2D eigenvalue weighted by molar-refractivity contribution is 7.93. The van der Waals surface area contributed by atoms with Gasteiger partial charge in [-0.15, -0.1) is 0 Å². The number of rotatable bonds is 11. The number of nitrogens with zero attached hydrogens (tertiary/aromatic N) is 2. The van der Waals surface area contributed by atoms with Gasteiger partial charge in [-0.25, -0.2) is 8.42 Å². The molecule has 2 aliphatic rings. The molecule has 3 aromatic rings. The van der Waals surface area contributed by atoms with E-state index in [4.69, 9.17) is 27.9 Å². The molecule has 1 N–H and O–H groups in total. The summed E-state index contributed by atoms with van der Waals surface area (Å²) in [6, 6.07) is 21.6. The van der Waals surface area contributed by atoms with Crippen LogP contribution in [0.5, 0.6) is 0 Å². The SMILES string of the molecule is CC[C@@H](CN(c1ccccc1)S(=O)(=O)C1CC1)N1C(=O)[C@@H](CC(=O)O)O[C@@H](c2cccc(Cl)c2)[C@H]1c1ccc(Cl)cc1. The van der Waals surface area contributed by atoms with Gasteiger partial charge in [-0.1, -0.05) is 72.6 Å². The van der Waals surface area contributed by atoms with Crippen molar-refractivity contribution in [2.45, 2.75) is 62.1 Å². The Bertz CT molecular complexity index is 1530. The zero-order chi connectivity index (χ0) is 30.0. The van der Waals surface area contributed by atoms with Crippen molar-refractivity contribution in [2.24, 2.45) is 0 Å². The van der Waals surface area contributed by atoms with E-state index < -0.39 is 57.9 Å². The van der Waals surface area contributed by atoms with Crippen LogP contribution in [0.2, 0.25) is 10.0 Å². The lowest BCUT2D eigenvalue weighted by molar-refractivity contribution is -0.183. The lowest BCUT2D eigenvalue weighted by Gasteiger charge is -2.48. The normalized spacial score (nSPS) is 21.6. The van der Waals surface area contributed by atoms with E-state index in [0.29, 0.717) is 46.1 Å². The van der Waals surface area contributed by atoms with E-state index in [-0.39, 0.29) is 6.54 Å². The minimum atomic E-state index is -3.70. The Balaban J connectivity index is 1.64. The van der Waals surface area contributed by atoms with Crippen LogP contribution < -0.4 is 4.31 Å². The van der Waals surface area contributed by atoms with Crippen molar-refractivity contribution in [2.75, 3.05) is 10.8 Å². The molecule has 8 nitrogen and oxygen atoms in total. The molecule has 222 valence electrons. The molecule has 1 aliphatic carbocycles. The number of ether oxygens (including phenoxy) is 1. The smallest absolute Gasteiger partial charge is 0.306 e. The first-order chi connectivity index (χ1) is 20.1. The molecule has 0 unspecified atom stereocenters. The number of carboxylic acids is 1. The Labute approximate surface area is 255 Å². The van der Waals surface area contributed by atoms with Crippen LogP contribution in [0.3, 0.4) is 0 Å². The average Bonchev–Trinajstić information content (AvgIpc) is 3.82. The van der Waals surface area contributed by atoms with E-state index in [2.05, 4.69) is 0 Å². The zero-order valence-corrected chi connectivity index (χ0v) is 25.3. The summed E-state index contributed by atoms with van der Waals surface area (Å²) in [6.45, 7) is 1.89. The van der Waals surface area contributed by atoms with Crippen LogP contribution in [-0.2, 0) is 24.3 Å². The minimum absolute atomic E-state index is 0.00274. The number of carboxylic acid groups (broad SMARTS) is 1. The summed E-state index contributed by atoms with van der Waals surface area (Å²) in [4.78, 5) is 27.7. The van der Waals surface area contributed by atoms with E-state index in [0.717, 1.165) is 0 Å². The standard InChI is InChI=1S/C31H32Cl2N2O6S/c1-2-24(19-34(25-9-4-3-5-10-25)42(39,40)26-15-16-26)35-29(20-11-13-22(32)14-12-20)30(21-7-6-8-23(33)17-21)41-27(31(35)38)18-28(36)37/h3-14,17,24,26-27,29-30H,2,15-16,18-19H2,1H3,(H,36,37)/t24-,27+,29+,30-/m0/s1. The average molecular weight is 632 g/mol. The number of para-hydroxylation sites is 1. The van der Waals surface area contributed by atoms with Gasteiger partial charge in [-0.3, -0.25) is 13.9 Å². The van der Waals surface area contributed by atoms with Crippen LogP contribution in [0, 0.1) is 0 Å². The molecule has 1 heterocycles. The van der Waals surface area contributed by atoms with Gasteiger partial charge in [0, 0.05) is 10.0 Å². The second-order valence-corrected chi connectivity index (χ2v) is 13.6. The number of benzene rings is 3. The molecular formula is C31H32Cl2N2O6S. The summed E-state index contributed by atoms with van der Waals surface area (Å²) in [7, 11) is -3.70. The van der Waals surface area contributed by atoms with Crippen LogP contribution >= 0.6 is 23.2 Å². The first-order valence-corrected chi connectivity index (χ1v) is 16.1. The third-order valence-corrected chi connectivity index (χ3v) is 10.5. The number of anilines is 1. The summed E-state index contributed by atoms with van der Waals surface area (Å²) in [5.74, 6) is -1.70. The summed E-state index contributed by atoms with van der Waals surface area (Å²) in [6.07, 6.45) is -1.03. The van der Waals surface area contributed by atoms with Crippen molar-refractivity contribution in [3.8, 4) is 0 Å². The number of halogens is 2. The molecule has 0 radical (unpaired) electrons. The fraction of sp³-hybridized carbons (Fsp3) is 0.355. The highest BCUT2D eigenvalue weighted by Gasteiger charge is 2.49. The molecule has 4 atom stereocenters. The van der Waals surface area contributed by atoms with Gasteiger partial charge in [0.25, 0.3) is 5.91 Å². The van der Waals surface area contributed by atoms with E-state index in [1.54, 1.807) is 71.6 Å². The maximum Gasteiger partial charge on any atom is 0.306 e. The first-order valence-electron chi connectivity index (χ1n) is 13.9. The van der Waals surface area contributed by atoms with Crippen molar-refractivity contribution < 1.29 is 27.9 Å². The van der Waals surface area contributed by atoms with Crippen molar-refractivity contribution in [3.63, 3.8) is 0 Å². The van der Waals surface area contributed by atoms with Crippen molar-refractivity contribution in [3.05, 3.63) is 100 Å². The lowest BCUT2D eigenvalue weighted by Crippen LogP contribution is -2.58. The van der Waals surface area contributed by atoms with Crippen LogP contribution in [0.1, 0.15) is 55.9 Å². The minimum Gasteiger partial charge on any atom is -0.481 e. The Hall–Kier alpha value is -3.11. The molecule has 11 heteroatoms. The lowest BCUT2D eigenvalue weighted by atomic mass is 9.89. The van der Waals surface area contributed by atoms with Gasteiger partial charge in [-0.2, -0.15) is 0 Å². The third-order valence-electron chi connectivity index (χ3n) is 7.71.